The number of thioether (sulfide) groups is 1. The Balaban J connectivity index is 1.96. The van der Waals surface area contributed by atoms with Crippen molar-refractivity contribution >= 4 is 17.7 Å². The number of hydrogen-bond donors (Lipinski definition) is 1. The van der Waals surface area contributed by atoms with Crippen LogP contribution in [-0.4, -0.2) is 11.2 Å². The van der Waals surface area contributed by atoms with Gasteiger partial charge in [-0.15, -0.1) is 11.8 Å². The van der Waals surface area contributed by atoms with Gasteiger partial charge < -0.3 is 5.32 Å². The summed E-state index contributed by atoms with van der Waals surface area (Å²) in [7, 11) is 0. The van der Waals surface area contributed by atoms with Crippen LogP contribution in [-0.2, 0) is 4.79 Å². The number of nitrogens with one attached hydrogen (secondary N) is 1. The number of hydrogen-bond acceptors (Lipinski definition) is 2. The summed E-state index contributed by atoms with van der Waals surface area (Å²) < 4.78 is 0. The highest BCUT2D eigenvalue weighted by molar-refractivity contribution is 8.00. The Morgan fingerprint density at radius 3 is 2.22 bits per heavy atom. The van der Waals surface area contributed by atoms with Crippen molar-refractivity contribution in [2.45, 2.75) is 50.8 Å². The Bertz CT molecular complexity index is 679. The third kappa shape index (κ3) is 4.87. The van der Waals surface area contributed by atoms with E-state index in [2.05, 4.69) is 68.6 Å². The lowest BCUT2D eigenvalue weighted by atomic mass is 10.0. The quantitative estimate of drug-likeness (QED) is 0.786. The second kappa shape index (κ2) is 7.69. The molecule has 0 radical (unpaired) electrons. The van der Waals surface area contributed by atoms with Gasteiger partial charge in [-0.1, -0.05) is 35.9 Å². The molecule has 2 rings (SSSR count). The number of rotatable bonds is 5. The van der Waals surface area contributed by atoms with Gasteiger partial charge in [-0.25, -0.2) is 0 Å². The number of carbonyl (C=O) groups is 1. The maximum atomic E-state index is 12.4. The van der Waals surface area contributed by atoms with Crippen LogP contribution in [0.1, 0.15) is 42.1 Å². The molecule has 3 heteroatoms. The molecule has 0 bridgehead atoms. The molecule has 2 aromatic carbocycles. The molecule has 0 aromatic heterocycles. The van der Waals surface area contributed by atoms with E-state index in [1.165, 1.54) is 16.7 Å². The molecule has 0 unspecified atom stereocenters. The van der Waals surface area contributed by atoms with Crippen molar-refractivity contribution < 1.29 is 4.79 Å². The monoisotopic (exact) mass is 327 g/mol. The summed E-state index contributed by atoms with van der Waals surface area (Å²) in [5.41, 5.74) is 4.91. The zero-order valence-electron chi connectivity index (χ0n) is 14.5. The van der Waals surface area contributed by atoms with Gasteiger partial charge in [0.05, 0.1) is 11.3 Å². The Kier molecular flexibility index (Phi) is 5.89. The van der Waals surface area contributed by atoms with Crippen LogP contribution in [0.2, 0.25) is 0 Å². The van der Waals surface area contributed by atoms with E-state index in [0.29, 0.717) is 0 Å². The average molecular weight is 327 g/mol. The fourth-order valence-corrected chi connectivity index (χ4v) is 3.20. The van der Waals surface area contributed by atoms with Crippen LogP contribution in [0.4, 0.5) is 0 Å². The molecule has 0 fully saturated rings. The van der Waals surface area contributed by atoms with Crippen molar-refractivity contribution in [3.05, 3.63) is 64.7 Å². The summed E-state index contributed by atoms with van der Waals surface area (Å²) in [5.74, 6) is 0.0707. The summed E-state index contributed by atoms with van der Waals surface area (Å²) in [5, 5.41) is 3.00. The molecule has 2 aromatic rings. The minimum Gasteiger partial charge on any atom is -0.349 e. The first-order valence-electron chi connectivity index (χ1n) is 7.97. The van der Waals surface area contributed by atoms with Crippen LogP contribution in [0.3, 0.4) is 0 Å². The summed E-state index contributed by atoms with van der Waals surface area (Å²) in [4.78, 5) is 13.5. The molecular formula is C20H25NOS. The van der Waals surface area contributed by atoms with Crippen molar-refractivity contribution in [1.82, 2.24) is 5.32 Å². The van der Waals surface area contributed by atoms with E-state index < -0.39 is 0 Å². The zero-order chi connectivity index (χ0) is 17.0. The van der Waals surface area contributed by atoms with Gasteiger partial charge in [-0.2, -0.15) is 0 Å². The summed E-state index contributed by atoms with van der Waals surface area (Å²) in [6.07, 6.45) is 0. The number of benzene rings is 2. The van der Waals surface area contributed by atoms with Crippen molar-refractivity contribution in [1.29, 1.82) is 0 Å². The molecule has 23 heavy (non-hydrogen) atoms. The lowest BCUT2D eigenvalue weighted by Crippen LogP contribution is -2.33. The van der Waals surface area contributed by atoms with E-state index >= 15 is 0 Å². The summed E-state index contributed by atoms with van der Waals surface area (Å²) in [6.45, 7) is 10.2. The van der Waals surface area contributed by atoms with Gasteiger partial charge in [-0.05, 0) is 63.4 Å². The van der Waals surface area contributed by atoms with E-state index in [0.717, 1.165) is 10.5 Å². The Labute approximate surface area is 143 Å². The van der Waals surface area contributed by atoms with Crippen molar-refractivity contribution in [2.75, 3.05) is 0 Å². The molecule has 0 aliphatic carbocycles. The fourth-order valence-electron chi connectivity index (χ4n) is 2.32. The fraction of sp³-hybridized carbons (Fsp3) is 0.350. The van der Waals surface area contributed by atoms with E-state index in [1.54, 1.807) is 11.8 Å². The van der Waals surface area contributed by atoms with Crippen LogP contribution in [0.15, 0.2) is 47.4 Å². The van der Waals surface area contributed by atoms with Crippen LogP contribution in [0, 0.1) is 20.8 Å². The molecule has 0 saturated carbocycles. The van der Waals surface area contributed by atoms with Gasteiger partial charge in [0.2, 0.25) is 5.91 Å². The predicted molar refractivity (Wildman–Crippen MR) is 99.0 cm³/mol. The van der Waals surface area contributed by atoms with Crippen molar-refractivity contribution in [2.24, 2.45) is 0 Å². The highest BCUT2D eigenvalue weighted by Gasteiger charge is 2.17. The predicted octanol–water partition coefficient (Wildman–Crippen LogP) is 4.97. The van der Waals surface area contributed by atoms with Crippen molar-refractivity contribution in [3.8, 4) is 0 Å². The highest BCUT2D eigenvalue weighted by Crippen LogP contribution is 2.24. The SMILES string of the molecule is Cc1ccc(S[C@H](C)C(=O)N[C@@H](C)c2ccc(C)c(C)c2)cc1. The largest absolute Gasteiger partial charge is 0.349 e. The number of aryl methyl sites for hydroxylation is 3. The first-order chi connectivity index (χ1) is 10.9. The maximum absolute atomic E-state index is 12.4. The zero-order valence-corrected chi connectivity index (χ0v) is 15.3. The van der Waals surface area contributed by atoms with Crippen LogP contribution in [0.5, 0.6) is 0 Å². The van der Waals surface area contributed by atoms with E-state index in [9.17, 15) is 4.79 Å². The molecule has 2 atom stereocenters. The Morgan fingerprint density at radius 2 is 1.61 bits per heavy atom. The van der Waals surface area contributed by atoms with E-state index in [4.69, 9.17) is 0 Å². The Morgan fingerprint density at radius 1 is 0.957 bits per heavy atom. The van der Waals surface area contributed by atoms with Crippen LogP contribution < -0.4 is 5.32 Å². The molecule has 1 amide bonds. The number of amides is 1. The average Bonchev–Trinajstić information content (AvgIpc) is 2.52. The molecule has 122 valence electrons. The highest BCUT2D eigenvalue weighted by atomic mass is 32.2. The van der Waals surface area contributed by atoms with Crippen LogP contribution in [0.25, 0.3) is 0 Å². The standard InChI is InChI=1S/C20H25NOS/c1-13-6-10-19(11-7-13)23-17(5)20(22)21-16(4)18-9-8-14(2)15(3)12-18/h6-12,16-17H,1-5H3,(H,21,22)/t16-,17+/m0/s1. The molecule has 1 N–H and O–H groups in total. The minimum absolute atomic E-state index is 0.0165. The van der Waals surface area contributed by atoms with E-state index in [-0.39, 0.29) is 17.2 Å². The van der Waals surface area contributed by atoms with Gasteiger partial charge in [0.25, 0.3) is 0 Å². The molecule has 0 aliphatic heterocycles. The maximum Gasteiger partial charge on any atom is 0.233 e. The molecule has 0 saturated heterocycles. The first-order valence-corrected chi connectivity index (χ1v) is 8.85. The van der Waals surface area contributed by atoms with Gasteiger partial charge in [0.1, 0.15) is 0 Å². The smallest absolute Gasteiger partial charge is 0.233 e. The van der Waals surface area contributed by atoms with Crippen molar-refractivity contribution in [3.63, 3.8) is 0 Å². The molecule has 2 nitrogen and oxygen atoms in total. The summed E-state index contributed by atoms with van der Waals surface area (Å²) >= 11 is 1.59. The van der Waals surface area contributed by atoms with Crippen LogP contribution >= 0.6 is 11.8 Å². The molecule has 0 heterocycles. The third-order valence-electron chi connectivity index (χ3n) is 4.09. The first kappa shape index (κ1) is 17.6. The lowest BCUT2D eigenvalue weighted by molar-refractivity contribution is -0.120. The molecular weight excluding hydrogens is 302 g/mol. The Hall–Kier alpha value is -1.74. The summed E-state index contributed by atoms with van der Waals surface area (Å²) in [6, 6.07) is 14.6. The molecule has 0 spiro atoms. The van der Waals surface area contributed by atoms with Gasteiger partial charge in [0.15, 0.2) is 0 Å². The minimum atomic E-state index is -0.119. The lowest BCUT2D eigenvalue weighted by Gasteiger charge is -2.18. The van der Waals surface area contributed by atoms with Gasteiger partial charge in [0, 0.05) is 4.90 Å². The number of carbonyl (C=O) groups excluding carboxylic acids is 1. The normalized spacial score (nSPS) is 13.4. The van der Waals surface area contributed by atoms with E-state index in [1.807, 2.05) is 13.8 Å². The van der Waals surface area contributed by atoms with Gasteiger partial charge >= 0.3 is 0 Å². The second-order valence-corrected chi connectivity index (χ2v) is 7.56. The van der Waals surface area contributed by atoms with Gasteiger partial charge in [-0.3, -0.25) is 4.79 Å². The third-order valence-corrected chi connectivity index (χ3v) is 5.20. The topological polar surface area (TPSA) is 29.1 Å². The second-order valence-electron chi connectivity index (χ2n) is 6.15. The molecule has 0 aliphatic rings.